The Morgan fingerprint density at radius 3 is 2.63 bits per heavy atom. The molecule has 0 radical (unpaired) electrons. The number of carboxylic acids is 1. The molecule has 0 aliphatic rings. The number of hydrogen-bond donors (Lipinski definition) is 2. The fourth-order valence-corrected chi connectivity index (χ4v) is 2.86. The molecule has 0 aliphatic carbocycles. The van der Waals surface area contributed by atoms with Crippen molar-refractivity contribution in [3.63, 3.8) is 0 Å². The minimum absolute atomic E-state index is 0.0569. The fraction of sp³-hybridized carbons (Fsp3) is 0.417. The van der Waals surface area contributed by atoms with Crippen molar-refractivity contribution in [1.82, 2.24) is 0 Å². The molecule has 106 valence electrons. The quantitative estimate of drug-likeness (QED) is 0.826. The van der Waals surface area contributed by atoms with Crippen LogP contribution in [0.2, 0.25) is 0 Å². The number of benzene rings is 1. The summed E-state index contributed by atoms with van der Waals surface area (Å²) in [6, 6.07) is 4.50. The van der Waals surface area contributed by atoms with E-state index in [0.717, 1.165) is 5.56 Å². The Morgan fingerprint density at radius 2 is 2.11 bits per heavy atom. The molecule has 0 aliphatic heterocycles. The lowest BCUT2D eigenvalue weighted by Gasteiger charge is -2.13. The van der Waals surface area contributed by atoms with Crippen LogP contribution in [0.15, 0.2) is 18.2 Å². The van der Waals surface area contributed by atoms with Gasteiger partial charge in [0.1, 0.15) is 0 Å². The summed E-state index contributed by atoms with van der Waals surface area (Å²) in [7, 11) is -2.24. The second kappa shape index (κ2) is 6.03. The Hall–Kier alpha value is -1.60. The van der Waals surface area contributed by atoms with Crippen LogP contribution >= 0.6 is 0 Å². The molecule has 0 amide bonds. The highest BCUT2D eigenvalue weighted by atomic mass is 32.2. The molecule has 0 aromatic heterocycles. The van der Waals surface area contributed by atoms with E-state index in [1.807, 2.05) is 0 Å². The lowest BCUT2D eigenvalue weighted by Crippen LogP contribution is -2.26. The van der Waals surface area contributed by atoms with E-state index in [2.05, 4.69) is 4.72 Å². The number of ether oxygens (including phenoxy) is 1. The maximum atomic E-state index is 11.8. The highest BCUT2D eigenvalue weighted by Gasteiger charge is 2.19. The molecular weight excluding hydrogens is 270 g/mol. The molecule has 1 aromatic carbocycles. The van der Waals surface area contributed by atoms with E-state index in [4.69, 9.17) is 9.84 Å². The molecule has 19 heavy (non-hydrogen) atoms. The van der Waals surface area contributed by atoms with Crippen molar-refractivity contribution in [3.8, 4) is 0 Å². The summed E-state index contributed by atoms with van der Waals surface area (Å²) in [5.41, 5.74) is 0.723. The van der Waals surface area contributed by atoms with Crippen LogP contribution in [0.3, 0.4) is 0 Å². The number of carbonyl (C=O) groups is 1. The van der Waals surface area contributed by atoms with Crippen LogP contribution in [0, 0.1) is 6.92 Å². The maximum absolute atomic E-state index is 11.8. The molecule has 1 aromatic rings. The van der Waals surface area contributed by atoms with Crippen molar-refractivity contribution in [2.45, 2.75) is 20.0 Å². The highest BCUT2D eigenvalue weighted by Crippen LogP contribution is 2.19. The van der Waals surface area contributed by atoms with E-state index in [-0.39, 0.29) is 17.0 Å². The third-order valence-corrected chi connectivity index (χ3v) is 3.97. The van der Waals surface area contributed by atoms with Crippen LogP contribution in [0.4, 0.5) is 5.69 Å². The van der Waals surface area contributed by atoms with Gasteiger partial charge in [0.05, 0.1) is 23.1 Å². The standard InChI is InChI=1S/C12H17NO5S/c1-8-4-5-11(10(6-8)12(14)15)13-19(16,17)7-9(2)18-3/h4-6,9,13H,7H2,1-3H3,(H,14,15). The number of hydrogen-bond acceptors (Lipinski definition) is 4. The van der Waals surface area contributed by atoms with Gasteiger partial charge in [0.25, 0.3) is 0 Å². The van der Waals surface area contributed by atoms with E-state index in [9.17, 15) is 13.2 Å². The predicted octanol–water partition coefficient (Wildman–Crippen LogP) is 1.47. The second-order valence-corrected chi connectivity index (χ2v) is 6.05. The Morgan fingerprint density at radius 1 is 1.47 bits per heavy atom. The lowest BCUT2D eigenvalue weighted by atomic mass is 10.1. The van der Waals surface area contributed by atoms with Crippen molar-refractivity contribution >= 4 is 21.7 Å². The van der Waals surface area contributed by atoms with Crippen molar-refractivity contribution in [3.05, 3.63) is 29.3 Å². The summed E-state index contributed by atoms with van der Waals surface area (Å²) in [6.07, 6.45) is -0.476. The molecule has 0 saturated carbocycles. The summed E-state index contributed by atoms with van der Waals surface area (Å²) >= 11 is 0. The van der Waals surface area contributed by atoms with Crippen molar-refractivity contribution in [2.24, 2.45) is 0 Å². The topological polar surface area (TPSA) is 92.7 Å². The summed E-state index contributed by atoms with van der Waals surface area (Å²) in [5, 5.41) is 9.06. The van der Waals surface area contributed by atoms with E-state index in [0.29, 0.717) is 0 Å². The largest absolute Gasteiger partial charge is 0.478 e. The maximum Gasteiger partial charge on any atom is 0.337 e. The van der Waals surface area contributed by atoms with Crippen LogP contribution in [-0.4, -0.2) is 38.5 Å². The Labute approximate surface area is 112 Å². The van der Waals surface area contributed by atoms with Gasteiger partial charge in [-0.05, 0) is 26.0 Å². The number of sulfonamides is 1. The van der Waals surface area contributed by atoms with E-state index >= 15 is 0 Å². The van der Waals surface area contributed by atoms with E-state index in [1.165, 1.54) is 19.2 Å². The molecule has 7 heteroatoms. The van der Waals surface area contributed by atoms with Crippen LogP contribution in [-0.2, 0) is 14.8 Å². The minimum Gasteiger partial charge on any atom is -0.478 e. The first-order chi connectivity index (χ1) is 8.75. The van der Waals surface area contributed by atoms with Gasteiger partial charge in [0.2, 0.25) is 10.0 Å². The molecule has 0 bridgehead atoms. The molecular formula is C12H17NO5S. The van der Waals surface area contributed by atoms with Crippen LogP contribution in [0.5, 0.6) is 0 Å². The van der Waals surface area contributed by atoms with Crippen molar-refractivity contribution < 1.29 is 23.1 Å². The first kappa shape index (κ1) is 15.5. The van der Waals surface area contributed by atoms with Crippen LogP contribution in [0.25, 0.3) is 0 Å². The SMILES string of the molecule is COC(C)CS(=O)(=O)Nc1ccc(C)cc1C(=O)O. The lowest BCUT2D eigenvalue weighted by molar-refractivity contribution is 0.0698. The number of rotatable bonds is 6. The monoisotopic (exact) mass is 287 g/mol. The number of aromatic carboxylic acids is 1. The molecule has 0 fully saturated rings. The Bertz CT molecular complexity index is 567. The second-order valence-electron chi connectivity index (χ2n) is 4.28. The zero-order valence-electron chi connectivity index (χ0n) is 11.0. The molecule has 2 N–H and O–H groups in total. The van der Waals surface area contributed by atoms with Gasteiger partial charge in [0.15, 0.2) is 0 Å². The van der Waals surface area contributed by atoms with Gasteiger partial charge in [0, 0.05) is 7.11 Å². The third-order valence-electron chi connectivity index (χ3n) is 2.53. The number of anilines is 1. The number of methoxy groups -OCH3 is 1. The number of nitrogens with one attached hydrogen (secondary N) is 1. The molecule has 1 atom stereocenters. The first-order valence-corrected chi connectivity index (χ1v) is 7.27. The van der Waals surface area contributed by atoms with Gasteiger partial charge in [-0.15, -0.1) is 0 Å². The van der Waals surface area contributed by atoms with Gasteiger partial charge in [-0.25, -0.2) is 13.2 Å². The molecule has 6 nitrogen and oxygen atoms in total. The summed E-state index contributed by atoms with van der Waals surface area (Å²) in [5.74, 6) is -1.42. The predicted molar refractivity (Wildman–Crippen MR) is 72.0 cm³/mol. The van der Waals surface area contributed by atoms with Gasteiger partial charge in [-0.2, -0.15) is 0 Å². The third kappa shape index (κ3) is 4.53. The molecule has 1 rings (SSSR count). The van der Waals surface area contributed by atoms with Gasteiger partial charge < -0.3 is 9.84 Å². The summed E-state index contributed by atoms with van der Waals surface area (Å²) in [6.45, 7) is 3.35. The Kier molecular flexibility index (Phi) is 4.90. The number of carboxylic acid groups (broad SMARTS) is 1. The zero-order chi connectivity index (χ0) is 14.6. The fourth-order valence-electron chi connectivity index (χ4n) is 1.51. The van der Waals surface area contributed by atoms with E-state index in [1.54, 1.807) is 19.9 Å². The minimum atomic E-state index is -3.65. The zero-order valence-corrected chi connectivity index (χ0v) is 11.8. The van der Waals surface area contributed by atoms with Crippen molar-refractivity contribution in [1.29, 1.82) is 0 Å². The molecule has 0 saturated heterocycles. The highest BCUT2D eigenvalue weighted by molar-refractivity contribution is 7.92. The van der Waals surface area contributed by atoms with Crippen molar-refractivity contribution in [2.75, 3.05) is 17.6 Å². The normalized spacial score (nSPS) is 13.0. The van der Waals surface area contributed by atoms with Crippen LogP contribution < -0.4 is 4.72 Å². The Balaban J connectivity index is 3.02. The van der Waals surface area contributed by atoms with Gasteiger partial charge in [-0.1, -0.05) is 11.6 Å². The van der Waals surface area contributed by atoms with Gasteiger partial charge in [-0.3, -0.25) is 4.72 Å². The summed E-state index contributed by atoms with van der Waals surface area (Å²) < 4.78 is 30.8. The average Bonchev–Trinajstić information content (AvgIpc) is 2.30. The van der Waals surface area contributed by atoms with Crippen LogP contribution in [0.1, 0.15) is 22.8 Å². The first-order valence-electron chi connectivity index (χ1n) is 5.62. The smallest absolute Gasteiger partial charge is 0.337 e. The molecule has 0 spiro atoms. The molecule has 0 heterocycles. The number of aryl methyl sites for hydroxylation is 1. The summed E-state index contributed by atoms with van der Waals surface area (Å²) in [4.78, 5) is 11.1. The van der Waals surface area contributed by atoms with E-state index < -0.39 is 22.1 Å². The molecule has 1 unspecified atom stereocenters. The average molecular weight is 287 g/mol. The van der Waals surface area contributed by atoms with Gasteiger partial charge >= 0.3 is 5.97 Å².